The number of hydrogen-bond donors (Lipinski definition) is 1. The summed E-state index contributed by atoms with van der Waals surface area (Å²) in [7, 11) is 0. The summed E-state index contributed by atoms with van der Waals surface area (Å²) in [6.07, 6.45) is 9.42. The molecule has 2 nitrogen and oxygen atoms in total. The first-order valence-corrected chi connectivity index (χ1v) is 6.25. The molecule has 1 aliphatic heterocycles. The van der Waals surface area contributed by atoms with Gasteiger partial charge in [0.25, 0.3) is 0 Å². The van der Waals surface area contributed by atoms with Crippen LogP contribution in [0.4, 0.5) is 0 Å². The molecule has 0 aromatic rings. The first kappa shape index (κ1) is 10.4. The molecule has 2 fully saturated rings. The van der Waals surface area contributed by atoms with Crippen molar-refractivity contribution in [2.24, 2.45) is 5.92 Å². The first-order chi connectivity index (χ1) is 6.90. The fourth-order valence-corrected chi connectivity index (χ4v) is 3.12. The predicted octanol–water partition coefficient (Wildman–Crippen LogP) is 2.02. The summed E-state index contributed by atoms with van der Waals surface area (Å²) < 4.78 is 0. The summed E-state index contributed by atoms with van der Waals surface area (Å²) in [5.74, 6) is 0.773. The van der Waals surface area contributed by atoms with Crippen molar-refractivity contribution in [1.29, 1.82) is 0 Å². The van der Waals surface area contributed by atoms with Crippen molar-refractivity contribution in [3.63, 3.8) is 0 Å². The van der Waals surface area contributed by atoms with Crippen LogP contribution in [0.25, 0.3) is 0 Å². The van der Waals surface area contributed by atoms with E-state index in [9.17, 15) is 0 Å². The van der Waals surface area contributed by atoms with E-state index in [1.807, 2.05) is 0 Å². The van der Waals surface area contributed by atoms with Gasteiger partial charge in [0.05, 0.1) is 0 Å². The summed E-state index contributed by atoms with van der Waals surface area (Å²) >= 11 is 0. The van der Waals surface area contributed by atoms with E-state index in [1.165, 1.54) is 51.6 Å². The zero-order valence-corrected chi connectivity index (χ0v) is 9.12. The van der Waals surface area contributed by atoms with E-state index >= 15 is 0 Å². The number of hydrogen-bond acceptors (Lipinski definition) is 2. The molecular formula is C12H23NO. The maximum Gasteiger partial charge on any atom is 0.0434 e. The second-order valence-corrected chi connectivity index (χ2v) is 4.95. The third-order valence-electron chi connectivity index (χ3n) is 3.93. The maximum atomic E-state index is 8.95. The van der Waals surface area contributed by atoms with Crippen molar-refractivity contribution in [2.75, 3.05) is 19.7 Å². The highest BCUT2D eigenvalue weighted by Crippen LogP contribution is 2.28. The lowest BCUT2D eigenvalue weighted by Gasteiger charge is -2.36. The SMILES string of the molecule is OCCC1CCCN(C2CCCC2)C1. The fraction of sp³-hybridized carbons (Fsp3) is 1.00. The highest BCUT2D eigenvalue weighted by Gasteiger charge is 2.27. The average Bonchev–Trinajstić information content (AvgIpc) is 2.71. The van der Waals surface area contributed by atoms with Gasteiger partial charge in [0.2, 0.25) is 0 Å². The molecule has 0 spiro atoms. The topological polar surface area (TPSA) is 23.5 Å². The summed E-state index contributed by atoms with van der Waals surface area (Å²) in [6, 6.07) is 0.886. The predicted molar refractivity (Wildman–Crippen MR) is 58.3 cm³/mol. The van der Waals surface area contributed by atoms with E-state index in [0.29, 0.717) is 6.61 Å². The van der Waals surface area contributed by atoms with Crippen molar-refractivity contribution in [3.05, 3.63) is 0 Å². The summed E-state index contributed by atoms with van der Waals surface area (Å²) in [5, 5.41) is 8.95. The van der Waals surface area contributed by atoms with E-state index in [1.54, 1.807) is 0 Å². The Hall–Kier alpha value is -0.0800. The Labute approximate surface area is 87.3 Å². The molecule has 1 N–H and O–H groups in total. The Kier molecular flexibility index (Phi) is 3.82. The standard InChI is InChI=1S/C12H23NO/c14-9-7-11-4-3-8-13(10-11)12-5-1-2-6-12/h11-12,14H,1-10H2. The minimum absolute atomic E-state index is 0.378. The van der Waals surface area contributed by atoms with Crippen molar-refractivity contribution in [3.8, 4) is 0 Å². The third-order valence-corrected chi connectivity index (χ3v) is 3.93. The fourth-order valence-electron chi connectivity index (χ4n) is 3.12. The van der Waals surface area contributed by atoms with Gasteiger partial charge in [0, 0.05) is 19.2 Å². The molecule has 0 aromatic carbocycles. The van der Waals surface area contributed by atoms with Crippen LogP contribution >= 0.6 is 0 Å². The van der Waals surface area contributed by atoms with Gasteiger partial charge in [-0.05, 0) is 44.6 Å². The first-order valence-electron chi connectivity index (χ1n) is 6.25. The molecule has 1 heterocycles. The number of likely N-dealkylation sites (tertiary alicyclic amines) is 1. The van der Waals surface area contributed by atoms with Gasteiger partial charge >= 0.3 is 0 Å². The molecule has 14 heavy (non-hydrogen) atoms. The van der Waals surface area contributed by atoms with E-state index in [0.717, 1.165) is 18.4 Å². The van der Waals surface area contributed by atoms with E-state index in [4.69, 9.17) is 5.11 Å². The Bertz CT molecular complexity index is 164. The lowest BCUT2D eigenvalue weighted by atomic mass is 9.94. The number of piperidine rings is 1. The molecule has 1 atom stereocenters. The van der Waals surface area contributed by atoms with Gasteiger partial charge in [-0.2, -0.15) is 0 Å². The molecule has 0 amide bonds. The lowest BCUT2D eigenvalue weighted by molar-refractivity contribution is 0.109. The summed E-state index contributed by atoms with van der Waals surface area (Å²) in [6.45, 7) is 2.95. The van der Waals surface area contributed by atoms with Crippen molar-refractivity contribution in [1.82, 2.24) is 4.90 Å². The number of aliphatic hydroxyl groups excluding tert-OH is 1. The van der Waals surface area contributed by atoms with E-state index < -0.39 is 0 Å². The molecule has 1 aliphatic carbocycles. The van der Waals surface area contributed by atoms with E-state index in [-0.39, 0.29) is 0 Å². The molecule has 82 valence electrons. The van der Waals surface area contributed by atoms with Crippen LogP contribution in [0.1, 0.15) is 44.9 Å². The molecule has 1 saturated carbocycles. The van der Waals surface area contributed by atoms with Gasteiger partial charge < -0.3 is 10.0 Å². The largest absolute Gasteiger partial charge is 0.396 e. The normalized spacial score (nSPS) is 31.1. The molecule has 0 bridgehead atoms. The molecule has 1 saturated heterocycles. The minimum Gasteiger partial charge on any atom is -0.396 e. The van der Waals surface area contributed by atoms with Gasteiger partial charge in [-0.25, -0.2) is 0 Å². The van der Waals surface area contributed by atoms with Crippen LogP contribution in [0.3, 0.4) is 0 Å². The van der Waals surface area contributed by atoms with Gasteiger partial charge in [-0.15, -0.1) is 0 Å². The van der Waals surface area contributed by atoms with Crippen LogP contribution in [0.15, 0.2) is 0 Å². The highest BCUT2D eigenvalue weighted by atomic mass is 16.3. The highest BCUT2D eigenvalue weighted by molar-refractivity contribution is 4.82. The van der Waals surface area contributed by atoms with Crippen molar-refractivity contribution >= 4 is 0 Å². The Morgan fingerprint density at radius 3 is 2.57 bits per heavy atom. The van der Waals surface area contributed by atoms with Crippen LogP contribution in [-0.4, -0.2) is 35.7 Å². The lowest BCUT2D eigenvalue weighted by Crippen LogP contribution is -2.41. The van der Waals surface area contributed by atoms with Gasteiger partial charge in [-0.3, -0.25) is 0 Å². The van der Waals surface area contributed by atoms with Crippen LogP contribution in [0, 0.1) is 5.92 Å². The number of aliphatic hydroxyl groups is 1. The average molecular weight is 197 g/mol. The molecular weight excluding hydrogens is 174 g/mol. The van der Waals surface area contributed by atoms with Crippen LogP contribution in [-0.2, 0) is 0 Å². The molecule has 0 radical (unpaired) electrons. The minimum atomic E-state index is 0.378. The van der Waals surface area contributed by atoms with Crippen molar-refractivity contribution in [2.45, 2.75) is 51.0 Å². The van der Waals surface area contributed by atoms with Crippen LogP contribution in [0.2, 0.25) is 0 Å². The second kappa shape index (κ2) is 5.13. The smallest absolute Gasteiger partial charge is 0.0434 e. The van der Waals surface area contributed by atoms with E-state index in [2.05, 4.69) is 4.90 Å². The third kappa shape index (κ3) is 2.48. The van der Waals surface area contributed by atoms with Crippen LogP contribution < -0.4 is 0 Å². The molecule has 2 heteroatoms. The zero-order chi connectivity index (χ0) is 9.80. The molecule has 1 unspecified atom stereocenters. The molecule has 2 aliphatic rings. The second-order valence-electron chi connectivity index (χ2n) is 4.95. The van der Waals surface area contributed by atoms with Gasteiger partial charge in [0.15, 0.2) is 0 Å². The monoisotopic (exact) mass is 197 g/mol. The quantitative estimate of drug-likeness (QED) is 0.748. The van der Waals surface area contributed by atoms with Crippen molar-refractivity contribution < 1.29 is 5.11 Å². The summed E-state index contributed by atoms with van der Waals surface area (Å²) in [4.78, 5) is 2.69. The molecule has 2 rings (SSSR count). The number of nitrogens with zero attached hydrogens (tertiary/aromatic N) is 1. The van der Waals surface area contributed by atoms with Gasteiger partial charge in [-0.1, -0.05) is 12.8 Å². The Morgan fingerprint density at radius 2 is 1.86 bits per heavy atom. The Morgan fingerprint density at radius 1 is 1.07 bits per heavy atom. The summed E-state index contributed by atoms with van der Waals surface area (Å²) in [5.41, 5.74) is 0. The number of rotatable bonds is 3. The van der Waals surface area contributed by atoms with Gasteiger partial charge in [0.1, 0.15) is 0 Å². The Balaban J connectivity index is 1.80. The zero-order valence-electron chi connectivity index (χ0n) is 9.12. The molecule has 0 aromatic heterocycles. The van der Waals surface area contributed by atoms with Crippen LogP contribution in [0.5, 0.6) is 0 Å². The maximum absolute atomic E-state index is 8.95.